The van der Waals surface area contributed by atoms with E-state index in [1.54, 1.807) is 6.92 Å². The van der Waals surface area contributed by atoms with Gasteiger partial charge in [0.1, 0.15) is 6.61 Å². The highest BCUT2D eigenvalue weighted by Gasteiger charge is 2.66. The summed E-state index contributed by atoms with van der Waals surface area (Å²) < 4.78 is 25.4. The smallest absolute Gasteiger partial charge is 0.302 e. The summed E-state index contributed by atoms with van der Waals surface area (Å²) in [6.45, 7) is 22.2. The first-order valence-electron chi connectivity index (χ1n) is 17.5. The maximum absolute atomic E-state index is 11.6. The van der Waals surface area contributed by atoms with Gasteiger partial charge < -0.3 is 23.7 Å². The number of hydrogen-bond donors (Lipinski definition) is 1. The summed E-state index contributed by atoms with van der Waals surface area (Å²) in [7, 11) is -0.261. The fourth-order valence-corrected chi connectivity index (χ4v) is 12.4. The lowest BCUT2D eigenvalue weighted by Gasteiger charge is -2.61. The van der Waals surface area contributed by atoms with Gasteiger partial charge in [-0.3, -0.25) is 4.79 Å². The summed E-state index contributed by atoms with van der Waals surface area (Å²) in [5.74, 6) is 3.67. The Hall–Kier alpha value is -0.473. The Morgan fingerprint density at radius 1 is 1.02 bits per heavy atom. The SMILES string of the molecule is CO[C@H]1CC[C@@]2(C)[C@@H](CC[C@@H]3[C@@H]2CC[C@]2(C)[C@H]4[C@H](C)[C@@H]([C@@H](C[C@](C)(O)COC(C)=O)O[Si](C)(C)C(C)(C)C)O[C@H]4C[C@@H]32)C1. The Morgan fingerprint density at radius 3 is 2.33 bits per heavy atom. The van der Waals surface area contributed by atoms with E-state index in [1.165, 1.54) is 58.3 Å². The van der Waals surface area contributed by atoms with Gasteiger partial charge in [-0.25, -0.2) is 0 Å². The first-order chi connectivity index (χ1) is 19.8. The van der Waals surface area contributed by atoms with Crippen molar-refractivity contribution in [2.24, 2.45) is 46.3 Å². The van der Waals surface area contributed by atoms with E-state index >= 15 is 0 Å². The molecule has 0 aromatic rings. The van der Waals surface area contributed by atoms with Gasteiger partial charge in [0.05, 0.1) is 30.0 Å². The van der Waals surface area contributed by atoms with Crippen molar-refractivity contribution in [3.63, 3.8) is 0 Å². The van der Waals surface area contributed by atoms with Crippen molar-refractivity contribution in [3.8, 4) is 0 Å². The van der Waals surface area contributed by atoms with E-state index in [0.717, 1.165) is 23.7 Å². The highest BCUT2D eigenvalue weighted by Crippen LogP contribution is 2.70. The predicted octanol–water partition coefficient (Wildman–Crippen LogP) is 7.77. The van der Waals surface area contributed by atoms with Crippen LogP contribution in [-0.4, -0.2) is 63.1 Å². The van der Waals surface area contributed by atoms with Crippen LogP contribution in [0.4, 0.5) is 0 Å². The molecule has 0 bridgehead atoms. The summed E-state index contributed by atoms with van der Waals surface area (Å²) in [5, 5.41) is 11.4. The number of esters is 1. The van der Waals surface area contributed by atoms with Crippen molar-refractivity contribution in [1.82, 2.24) is 0 Å². The number of ether oxygens (including phenoxy) is 3. The molecule has 0 spiro atoms. The number of carbonyl (C=O) groups excluding carboxylic acids is 1. The van der Waals surface area contributed by atoms with Crippen molar-refractivity contribution < 1.29 is 28.5 Å². The van der Waals surface area contributed by atoms with Crippen LogP contribution < -0.4 is 0 Å². The second kappa shape index (κ2) is 11.6. The van der Waals surface area contributed by atoms with E-state index in [-0.39, 0.29) is 41.3 Å². The maximum atomic E-state index is 11.6. The largest absolute Gasteiger partial charge is 0.463 e. The maximum Gasteiger partial charge on any atom is 0.302 e. The lowest BCUT2D eigenvalue weighted by Crippen LogP contribution is -2.55. The van der Waals surface area contributed by atoms with Crippen LogP contribution in [0.5, 0.6) is 0 Å². The lowest BCUT2D eigenvalue weighted by atomic mass is 9.44. The summed E-state index contributed by atoms with van der Waals surface area (Å²) in [6.07, 6.45) is 11.1. The van der Waals surface area contributed by atoms with Gasteiger partial charge in [0.15, 0.2) is 8.32 Å². The number of aliphatic hydroxyl groups is 1. The highest BCUT2D eigenvalue weighted by molar-refractivity contribution is 6.74. The fraction of sp³-hybridized carbons (Fsp3) is 0.972. The minimum Gasteiger partial charge on any atom is -0.463 e. The Kier molecular flexibility index (Phi) is 9.18. The molecular formula is C36H64O6Si. The van der Waals surface area contributed by atoms with E-state index in [1.807, 2.05) is 7.11 Å². The first kappa shape index (κ1) is 33.9. The van der Waals surface area contributed by atoms with Crippen LogP contribution in [0.25, 0.3) is 0 Å². The molecule has 1 N–H and O–H groups in total. The molecule has 43 heavy (non-hydrogen) atoms. The van der Waals surface area contributed by atoms with Gasteiger partial charge in [-0.1, -0.05) is 41.5 Å². The van der Waals surface area contributed by atoms with Crippen LogP contribution in [0.1, 0.15) is 113 Å². The number of carbonyl (C=O) groups is 1. The molecule has 4 saturated carbocycles. The third-order valence-electron chi connectivity index (χ3n) is 14.3. The quantitative estimate of drug-likeness (QED) is 0.221. The van der Waals surface area contributed by atoms with Crippen molar-refractivity contribution in [1.29, 1.82) is 0 Å². The molecule has 7 heteroatoms. The summed E-state index contributed by atoms with van der Waals surface area (Å²) in [6, 6.07) is 0. The minimum absolute atomic E-state index is 0.0264. The topological polar surface area (TPSA) is 74.2 Å². The summed E-state index contributed by atoms with van der Waals surface area (Å²) in [4.78, 5) is 11.6. The normalized spacial score (nSPS) is 44.9. The Bertz CT molecular complexity index is 1020. The van der Waals surface area contributed by atoms with Crippen LogP contribution in [0.2, 0.25) is 18.1 Å². The van der Waals surface area contributed by atoms with Crippen LogP contribution in [-0.2, 0) is 23.4 Å². The first-order valence-corrected chi connectivity index (χ1v) is 20.5. The van der Waals surface area contributed by atoms with Gasteiger partial charge in [-0.05, 0) is 123 Å². The molecule has 4 aliphatic carbocycles. The van der Waals surface area contributed by atoms with Crippen LogP contribution in [0.3, 0.4) is 0 Å². The standard InChI is InChI=1S/C36H64O6Si/c1-22-31-29(41-32(22)30(42-43(10,11)33(3,4)5)20-34(6,38)21-40-23(2)37)19-28-26-13-12-24-18-25(39-9)14-16-35(24,7)27(26)15-17-36(28,31)8/h22,24-32,38H,12-21H2,1-11H3/t22-,24-,25-,26+,27-,28-,29-,30+,31-,32-,34-,35-,36-/m0/s1. The third kappa shape index (κ3) is 6.05. The van der Waals surface area contributed by atoms with E-state index < -0.39 is 13.9 Å². The average molecular weight is 621 g/mol. The number of rotatable bonds is 8. The molecule has 13 atom stereocenters. The van der Waals surface area contributed by atoms with Gasteiger partial charge >= 0.3 is 5.97 Å². The zero-order valence-corrected chi connectivity index (χ0v) is 30.3. The van der Waals surface area contributed by atoms with Gasteiger partial charge in [0.25, 0.3) is 0 Å². The Morgan fingerprint density at radius 2 is 1.70 bits per heavy atom. The van der Waals surface area contributed by atoms with Crippen molar-refractivity contribution in [3.05, 3.63) is 0 Å². The van der Waals surface area contributed by atoms with Crippen molar-refractivity contribution in [2.75, 3.05) is 13.7 Å². The fourth-order valence-electron chi connectivity index (χ4n) is 11.0. The van der Waals surface area contributed by atoms with Gasteiger partial charge in [-0.2, -0.15) is 0 Å². The van der Waals surface area contributed by atoms with E-state index in [9.17, 15) is 9.90 Å². The lowest BCUT2D eigenvalue weighted by molar-refractivity contribution is -0.151. The molecule has 6 nitrogen and oxygen atoms in total. The van der Waals surface area contributed by atoms with Gasteiger partial charge in [-0.15, -0.1) is 0 Å². The third-order valence-corrected chi connectivity index (χ3v) is 18.8. The zero-order valence-electron chi connectivity index (χ0n) is 29.3. The summed E-state index contributed by atoms with van der Waals surface area (Å²) >= 11 is 0. The average Bonchev–Trinajstić information content (AvgIpc) is 3.39. The highest BCUT2D eigenvalue weighted by atomic mass is 28.4. The molecule has 1 saturated heterocycles. The monoisotopic (exact) mass is 620 g/mol. The number of fused-ring (bicyclic) bond motifs is 7. The van der Waals surface area contributed by atoms with E-state index in [4.69, 9.17) is 18.6 Å². The van der Waals surface area contributed by atoms with Gasteiger partial charge in [0, 0.05) is 20.5 Å². The van der Waals surface area contributed by atoms with E-state index in [0.29, 0.717) is 29.8 Å². The molecule has 0 radical (unpaired) electrons. The molecule has 5 rings (SSSR count). The molecular weight excluding hydrogens is 556 g/mol. The van der Waals surface area contributed by atoms with E-state index in [2.05, 4.69) is 54.6 Å². The predicted molar refractivity (Wildman–Crippen MR) is 173 cm³/mol. The Balaban J connectivity index is 1.36. The molecule has 5 fully saturated rings. The molecule has 5 aliphatic rings. The second-order valence-electron chi connectivity index (χ2n) is 18.0. The molecule has 0 unspecified atom stereocenters. The molecule has 0 amide bonds. The number of methoxy groups -OCH3 is 1. The molecule has 1 aliphatic heterocycles. The van der Waals surface area contributed by atoms with Crippen LogP contribution in [0, 0.1) is 46.3 Å². The molecule has 248 valence electrons. The van der Waals surface area contributed by atoms with Gasteiger partial charge in [0.2, 0.25) is 0 Å². The van der Waals surface area contributed by atoms with Crippen molar-refractivity contribution >= 4 is 14.3 Å². The second-order valence-corrected chi connectivity index (χ2v) is 22.7. The molecule has 0 aromatic carbocycles. The van der Waals surface area contributed by atoms with Crippen molar-refractivity contribution in [2.45, 2.75) is 161 Å². The van der Waals surface area contributed by atoms with Crippen LogP contribution in [0.15, 0.2) is 0 Å². The Labute approximate surface area is 263 Å². The molecule has 0 aromatic heterocycles. The zero-order chi connectivity index (χ0) is 31.8. The summed E-state index contributed by atoms with van der Waals surface area (Å²) in [5.41, 5.74) is -0.434. The molecule has 1 heterocycles. The van der Waals surface area contributed by atoms with Crippen LogP contribution >= 0.6 is 0 Å². The number of hydrogen-bond acceptors (Lipinski definition) is 6. The minimum atomic E-state index is -2.16.